The molecule has 4 heterocycles. The quantitative estimate of drug-likeness (QED) is 0.184. The van der Waals surface area contributed by atoms with Crippen LogP contribution in [0.3, 0.4) is 0 Å². The van der Waals surface area contributed by atoms with Crippen molar-refractivity contribution in [3.63, 3.8) is 0 Å². The van der Waals surface area contributed by atoms with Crippen LogP contribution in [0.25, 0.3) is 28.0 Å². The van der Waals surface area contributed by atoms with E-state index in [0.717, 1.165) is 5.56 Å². The Bertz CT molecular complexity index is 1790. The van der Waals surface area contributed by atoms with Crippen LogP contribution in [-0.4, -0.2) is 91.6 Å². The third-order valence-corrected chi connectivity index (χ3v) is 5.96. The molecule has 50 heavy (non-hydrogen) atoms. The predicted octanol–water partition coefficient (Wildman–Crippen LogP) is 5.86. The fourth-order valence-electron chi connectivity index (χ4n) is 3.77. The second-order valence-electron chi connectivity index (χ2n) is 9.88. The maximum absolute atomic E-state index is 13.1. The number of aromatic nitrogens is 4. The zero-order valence-corrected chi connectivity index (χ0v) is 24.4. The molecule has 0 atom stereocenters. The molecule has 0 bridgehead atoms. The molecule has 1 aromatic carbocycles. The summed E-state index contributed by atoms with van der Waals surface area (Å²) < 4.78 is 128. The molecule has 0 unspecified atom stereocenters. The number of halogens is 11. The number of carbonyl (C=O) groups is 3. The average Bonchev–Trinajstić information content (AvgIpc) is 3.42. The van der Waals surface area contributed by atoms with Gasteiger partial charge in [0, 0.05) is 35.4 Å². The van der Waals surface area contributed by atoms with E-state index in [9.17, 15) is 53.1 Å². The molecule has 0 spiro atoms. The number of pyridine rings is 1. The molecule has 0 radical (unpaired) electrons. The minimum Gasteiger partial charge on any atom is -0.475 e. The van der Waals surface area contributed by atoms with Crippen molar-refractivity contribution in [3.8, 4) is 22.4 Å². The minimum absolute atomic E-state index is 0.245. The number of anilines is 2. The van der Waals surface area contributed by atoms with Crippen molar-refractivity contribution in [1.82, 2.24) is 24.7 Å². The van der Waals surface area contributed by atoms with Crippen LogP contribution in [0.5, 0.6) is 0 Å². The van der Waals surface area contributed by atoms with Crippen molar-refractivity contribution in [3.05, 3.63) is 61.2 Å². The van der Waals surface area contributed by atoms with Crippen LogP contribution in [0.15, 0.2) is 61.2 Å². The van der Waals surface area contributed by atoms with Gasteiger partial charge in [0.2, 0.25) is 5.95 Å². The van der Waals surface area contributed by atoms with Crippen LogP contribution in [-0.2, 0) is 9.59 Å². The highest BCUT2D eigenvalue weighted by Gasteiger charge is 2.45. The molecule has 0 saturated carbocycles. The van der Waals surface area contributed by atoms with Crippen LogP contribution < -0.4 is 15.5 Å². The van der Waals surface area contributed by atoms with Gasteiger partial charge in [0.15, 0.2) is 0 Å². The van der Waals surface area contributed by atoms with Crippen LogP contribution in [0.4, 0.5) is 64.7 Å². The first-order valence-electron chi connectivity index (χ1n) is 13.2. The van der Waals surface area contributed by atoms with E-state index >= 15 is 0 Å². The van der Waals surface area contributed by atoms with Gasteiger partial charge < -0.3 is 25.7 Å². The van der Waals surface area contributed by atoms with Gasteiger partial charge in [0.05, 0.1) is 25.0 Å². The zero-order valence-electron chi connectivity index (χ0n) is 24.4. The summed E-state index contributed by atoms with van der Waals surface area (Å²) in [6.07, 6.45) is -8.13. The molecule has 3 aromatic heterocycles. The molecule has 5 rings (SSSR count). The number of carboxylic acid groups (broad SMARTS) is 2. The summed E-state index contributed by atoms with van der Waals surface area (Å²) in [5.41, 5.74) is 3.77. The Morgan fingerprint density at radius 2 is 1.34 bits per heavy atom. The van der Waals surface area contributed by atoms with Crippen molar-refractivity contribution in [1.29, 1.82) is 0 Å². The van der Waals surface area contributed by atoms with E-state index in [1.54, 1.807) is 54.4 Å². The Balaban J connectivity index is 0.000000408. The highest BCUT2D eigenvalue weighted by molar-refractivity contribution is 5.90. The van der Waals surface area contributed by atoms with Crippen LogP contribution in [0.1, 0.15) is 0 Å². The number of hydrogen-bond donors (Lipinski definition) is 4. The number of carbonyl (C=O) groups excluding carboxylic acids is 1. The lowest BCUT2D eigenvalue weighted by Crippen LogP contribution is -2.57. The van der Waals surface area contributed by atoms with Gasteiger partial charge in [-0.25, -0.2) is 38.1 Å². The number of alkyl halides is 11. The van der Waals surface area contributed by atoms with Gasteiger partial charge >= 0.3 is 36.5 Å². The topological polar surface area (TPSA) is 162 Å². The molecule has 0 aliphatic carbocycles. The van der Waals surface area contributed by atoms with Gasteiger partial charge in [0.1, 0.15) is 12.2 Å². The van der Waals surface area contributed by atoms with Gasteiger partial charge in [-0.1, -0.05) is 12.1 Å². The van der Waals surface area contributed by atoms with Crippen molar-refractivity contribution < 1.29 is 72.9 Å². The molecule has 1 aliphatic rings. The maximum Gasteiger partial charge on any atom is 0.490 e. The Hall–Kier alpha value is -5.77. The van der Waals surface area contributed by atoms with E-state index in [1.807, 2.05) is 16.5 Å². The van der Waals surface area contributed by atoms with Gasteiger partial charge in [-0.05, 0) is 29.8 Å². The van der Waals surface area contributed by atoms with E-state index in [2.05, 4.69) is 20.3 Å². The van der Waals surface area contributed by atoms with E-state index < -0.39 is 62.1 Å². The summed E-state index contributed by atoms with van der Waals surface area (Å²) in [5, 5.41) is 18.4. The number of nitrogens with zero attached hydrogens (tertiary/aromatic N) is 5. The number of hydrogen-bond acceptors (Lipinski definition) is 7. The largest absolute Gasteiger partial charge is 0.490 e. The maximum atomic E-state index is 13.1. The summed E-state index contributed by atoms with van der Waals surface area (Å²) in [6, 6.07) is 9.28. The molecule has 4 N–H and O–H groups in total. The molecule has 4 aromatic rings. The number of urea groups is 1. The first-order chi connectivity index (χ1) is 22.9. The SMILES string of the molecule is O=C(NCC(F)(F)F)Nc1cccc(-c2cnc3cc(-c4cnc(N5CC(F)(F)C5)nc4)ccn23)c1.O=C(O)C(F)(F)F.O=C(O)C(F)(F)F. The fraction of sp³-hybridized carbons (Fsp3) is 0.259. The zero-order chi connectivity index (χ0) is 37.7. The molecule has 2 amide bonds. The van der Waals surface area contributed by atoms with Crippen molar-refractivity contribution >= 4 is 35.3 Å². The third-order valence-electron chi connectivity index (χ3n) is 5.96. The fourth-order valence-corrected chi connectivity index (χ4v) is 3.77. The third kappa shape index (κ3) is 11.2. The second-order valence-corrected chi connectivity index (χ2v) is 9.88. The standard InChI is InChI=1S/C23H18F5N7O.2C2HF3O2/c24-22(25)12-34(13-22)20-30-8-16(9-31-20)14-4-5-35-18(10-29-19(35)7-14)15-2-1-3-17(6-15)33-21(36)32-11-23(26,27)28;2*3-2(4,5)1(6)7/h1-10H,11-13H2,(H2,32,33,36);2*(H,6,7). The lowest BCUT2D eigenvalue weighted by atomic mass is 10.1. The molecule has 1 aliphatic heterocycles. The van der Waals surface area contributed by atoms with E-state index in [0.29, 0.717) is 28.2 Å². The van der Waals surface area contributed by atoms with Gasteiger partial charge in [-0.3, -0.25) is 4.40 Å². The highest BCUT2D eigenvalue weighted by Crippen LogP contribution is 2.31. The van der Waals surface area contributed by atoms with Crippen LogP contribution >= 0.6 is 0 Å². The number of rotatable bonds is 5. The summed E-state index contributed by atoms with van der Waals surface area (Å²) in [7, 11) is 0. The Morgan fingerprint density at radius 3 is 1.84 bits per heavy atom. The van der Waals surface area contributed by atoms with E-state index in [-0.39, 0.29) is 5.95 Å². The first kappa shape index (κ1) is 38.7. The molecule has 1 saturated heterocycles. The van der Waals surface area contributed by atoms with E-state index in [4.69, 9.17) is 19.8 Å². The van der Waals surface area contributed by atoms with Crippen LogP contribution in [0, 0.1) is 0 Å². The highest BCUT2D eigenvalue weighted by atomic mass is 19.4. The normalized spacial score (nSPS) is 13.9. The molecule has 12 nitrogen and oxygen atoms in total. The number of fused-ring (bicyclic) bond motifs is 1. The summed E-state index contributed by atoms with van der Waals surface area (Å²) >= 11 is 0. The van der Waals surface area contributed by atoms with Crippen LogP contribution in [0.2, 0.25) is 0 Å². The van der Waals surface area contributed by atoms with Crippen molar-refractivity contribution in [2.75, 3.05) is 29.9 Å². The molecule has 270 valence electrons. The van der Waals surface area contributed by atoms with Crippen molar-refractivity contribution in [2.24, 2.45) is 0 Å². The number of aliphatic carboxylic acids is 2. The number of amides is 2. The van der Waals surface area contributed by atoms with E-state index in [1.165, 1.54) is 4.90 Å². The summed E-state index contributed by atoms with van der Waals surface area (Å²) in [5.74, 6) is -7.98. The summed E-state index contributed by atoms with van der Waals surface area (Å²) in [6.45, 7) is -2.23. The van der Waals surface area contributed by atoms with Gasteiger partial charge in [-0.2, -0.15) is 39.5 Å². The number of nitrogens with one attached hydrogen (secondary N) is 2. The number of benzene rings is 1. The van der Waals surface area contributed by atoms with Crippen molar-refractivity contribution in [2.45, 2.75) is 24.5 Å². The second kappa shape index (κ2) is 14.8. The Morgan fingerprint density at radius 1 is 0.780 bits per heavy atom. The Labute approximate surface area is 271 Å². The smallest absolute Gasteiger partial charge is 0.475 e. The van der Waals surface area contributed by atoms with Gasteiger partial charge in [0.25, 0.3) is 5.92 Å². The summed E-state index contributed by atoms with van der Waals surface area (Å²) in [4.78, 5) is 43.7. The average molecular weight is 731 g/mol. The lowest BCUT2D eigenvalue weighted by molar-refractivity contribution is -0.193. The molecule has 1 fully saturated rings. The molecular weight excluding hydrogens is 711 g/mol. The minimum atomic E-state index is -5.08. The van der Waals surface area contributed by atoms with Gasteiger partial charge in [-0.15, -0.1) is 0 Å². The monoisotopic (exact) mass is 731 g/mol. The lowest BCUT2D eigenvalue weighted by Gasteiger charge is -2.38. The molecular formula is C27H20F11N7O5. The first-order valence-corrected chi connectivity index (χ1v) is 13.2. The number of imidazole rings is 1. The number of carboxylic acids is 2. The Kier molecular flexibility index (Phi) is 11.4. The molecule has 23 heteroatoms. The predicted molar refractivity (Wildman–Crippen MR) is 149 cm³/mol.